The molecule has 0 atom stereocenters. The molecular formula is C16H16ClFN2O3S. The number of carbonyl (C=O) groups is 1. The predicted octanol–water partition coefficient (Wildman–Crippen LogP) is 3.01. The van der Waals surface area contributed by atoms with E-state index in [1.807, 2.05) is 32.0 Å². The lowest BCUT2D eigenvalue weighted by molar-refractivity contribution is -0.115. The number of anilines is 1. The van der Waals surface area contributed by atoms with Crippen molar-refractivity contribution >= 4 is 33.2 Å². The monoisotopic (exact) mass is 370 g/mol. The fourth-order valence-corrected chi connectivity index (χ4v) is 3.32. The fraction of sp³-hybridized carbons (Fsp3) is 0.188. The maximum Gasteiger partial charge on any atom is 0.243 e. The smallest absolute Gasteiger partial charge is 0.243 e. The summed E-state index contributed by atoms with van der Waals surface area (Å²) in [5, 5.41) is 2.73. The Kier molecular flexibility index (Phi) is 5.58. The van der Waals surface area contributed by atoms with Crippen LogP contribution in [-0.2, 0) is 14.8 Å². The Bertz CT molecular complexity index is 865. The van der Waals surface area contributed by atoms with Crippen molar-refractivity contribution in [2.45, 2.75) is 18.7 Å². The highest BCUT2D eigenvalue weighted by Gasteiger charge is 2.20. The van der Waals surface area contributed by atoms with Crippen LogP contribution in [-0.4, -0.2) is 20.9 Å². The number of nitrogens with one attached hydrogen (secondary N) is 2. The van der Waals surface area contributed by atoms with Gasteiger partial charge in [0.05, 0.1) is 6.54 Å². The summed E-state index contributed by atoms with van der Waals surface area (Å²) in [5.41, 5.74) is 2.34. The van der Waals surface area contributed by atoms with Crippen molar-refractivity contribution in [3.05, 3.63) is 58.4 Å². The minimum Gasteiger partial charge on any atom is -0.324 e. The van der Waals surface area contributed by atoms with Crippen molar-refractivity contribution in [2.75, 3.05) is 11.9 Å². The van der Waals surface area contributed by atoms with Crippen LogP contribution in [0, 0.1) is 19.7 Å². The zero-order valence-electron chi connectivity index (χ0n) is 13.1. The summed E-state index contributed by atoms with van der Waals surface area (Å²) >= 11 is 5.60. The Morgan fingerprint density at radius 3 is 2.38 bits per heavy atom. The van der Waals surface area contributed by atoms with Crippen LogP contribution >= 0.6 is 11.6 Å². The lowest BCUT2D eigenvalue weighted by Crippen LogP contribution is -2.33. The number of sulfonamides is 1. The maximum atomic E-state index is 13.7. The Hall–Kier alpha value is -1.96. The van der Waals surface area contributed by atoms with E-state index < -0.39 is 33.2 Å². The standard InChI is InChI=1S/C16H16ClFN2O3S/c1-10-4-3-5-11(2)16(10)20-15(21)9-19-24(22,23)14-7-6-12(17)8-13(14)18/h3-8,19H,9H2,1-2H3,(H,20,21). The fourth-order valence-electron chi connectivity index (χ4n) is 2.13. The second-order valence-electron chi connectivity index (χ2n) is 5.21. The first kappa shape index (κ1) is 18.4. The Morgan fingerprint density at radius 1 is 1.17 bits per heavy atom. The van der Waals surface area contributed by atoms with E-state index >= 15 is 0 Å². The van der Waals surface area contributed by atoms with Crippen LogP contribution < -0.4 is 10.0 Å². The van der Waals surface area contributed by atoms with Crippen molar-refractivity contribution in [1.29, 1.82) is 0 Å². The third kappa shape index (κ3) is 4.31. The second-order valence-corrected chi connectivity index (χ2v) is 7.39. The van der Waals surface area contributed by atoms with Crippen LogP contribution in [0.25, 0.3) is 0 Å². The highest BCUT2D eigenvalue weighted by atomic mass is 35.5. The van der Waals surface area contributed by atoms with Gasteiger partial charge in [-0.05, 0) is 43.2 Å². The number of amides is 1. The normalized spacial score (nSPS) is 11.3. The SMILES string of the molecule is Cc1cccc(C)c1NC(=O)CNS(=O)(=O)c1ccc(Cl)cc1F. The zero-order chi connectivity index (χ0) is 17.9. The van der Waals surface area contributed by atoms with Gasteiger partial charge in [-0.2, -0.15) is 0 Å². The molecule has 0 radical (unpaired) electrons. The molecule has 0 aromatic heterocycles. The Morgan fingerprint density at radius 2 is 1.79 bits per heavy atom. The summed E-state index contributed by atoms with van der Waals surface area (Å²) in [6.07, 6.45) is 0. The minimum absolute atomic E-state index is 0.0826. The van der Waals surface area contributed by atoms with Gasteiger partial charge < -0.3 is 5.32 Å². The van der Waals surface area contributed by atoms with E-state index in [-0.39, 0.29) is 5.02 Å². The molecule has 0 spiro atoms. The van der Waals surface area contributed by atoms with Crippen LogP contribution in [0.2, 0.25) is 5.02 Å². The van der Waals surface area contributed by atoms with Gasteiger partial charge >= 0.3 is 0 Å². The maximum absolute atomic E-state index is 13.7. The minimum atomic E-state index is -4.16. The molecule has 5 nitrogen and oxygen atoms in total. The number of hydrogen-bond donors (Lipinski definition) is 2. The number of aryl methyl sites for hydroxylation is 2. The van der Waals surface area contributed by atoms with E-state index in [1.54, 1.807) is 0 Å². The molecule has 2 rings (SSSR count). The van der Waals surface area contributed by atoms with Gasteiger partial charge in [0.2, 0.25) is 15.9 Å². The van der Waals surface area contributed by atoms with Crippen LogP contribution in [0.4, 0.5) is 10.1 Å². The number of carbonyl (C=O) groups excluding carboxylic acids is 1. The quantitative estimate of drug-likeness (QED) is 0.849. The van der Waals surface area contributed by atoms with Gasteiger partial charge in [-0.1, -0.05) is 29.8 Å². The van der Waals surface area contributed by atoms with Gasteiger partial charge in [0.25, 0.3) is 0 Å². The first-order valence-corrected chi connectivity index (χ1v) is 8.87. The molecule has 24 heavy (non-hydrogen) atoms. The van der Waals surface area contributed by atoms with Gasteiger partial charge in [-0.15, -0.1) is 0 Å². The van der Waals surface area contributed by atoms with Crippen molar-refractivity contribution in [3.63, 3.8) is 0 Å². The summed E-state index contributed by atoms with van der Waals surface area (Å²) in [6.45, 7) is 3.14. The van der Waals surface area contributed by atoms with Crippen molar-refractivity contribution in [1.82, 2.24) is 4.72 Å². The van der Waals surface area contributed by atoms with Gasteiger partial charge in [-0.25, -0.2) is 17.5 Å². The summed E-state index contributed by atoms with van der Waals surface area (Å²) in [4.78, 5) is 11.4. The van der Waals surface area contributed by atoms with Crippen LogP contribution in [0.15, 0.2) is 41.3 Å². The molecule has 2 aromatic carbocycles. The third-order valence-corrected chi connectivity index (χ3v) is 5.02. The van der Waals surface area contributed by atoms with Crippen molar-refractivity contribution < 1.29 is 17.6 Å². The lowest BCUT2D eigenvalue weighted by atomic mass is 10.1. The third-order valence-electron chi connectivity index (χ3n) is 3.35. The Balaban J connectivity index is 2.08. The predicted molar refractivity (Wildman–Crippen MR) is 91.1 cm³/mol. The number of benzene rings is 2. The average Bonchev–Trinajstić information content (AvgIpc) is 2.49. The van der Waals surface area contributed by atoms with Gasteiger partial charge in [-0.3, -0.25) is 4.79 Å². The van der Waals surface area contributed by atoms with E-state index in [0.29, 0.717) is 5.69 Å². The summed E-state index contributed by atoms with van der Waals surface area (Å²) in [6, 6.07) is 8.71. The molecule has 8 heteroatoms. The summed E-state index contributed by atoms with van der Waals surface area (Å²) in [5.74, 6) is -1.53. The van der Waals surface area contributed by atoms with E-state index in [4.69, 9.17) is 11.6 Å². The van der Waals surface area contributed by atoms with Crippen LogP contribution in [0.5, 0.6) is 0 Å². The molecule has 0 bridgehead atoms. The molecule has 2 aromatic rings. The molecule has 0 aliphatic rings. The molecule has 0 unspecified atom stereocenters. The molecule has 0 saturated carbocycles. The van der Waals surface area contributed by atoms with E-state index in [0.717, 1.165) is 23.3 Å². The molecule has 0 saturated heterocycles. The van der Waals surface area contributed by atoms with E-state index in [2.05, 4.69) is 10.0 Å². The first-order valence-electron chi connectivity index (χ1n) is 7.01. The molecule has 0 heterocycles. The molecule has 128 valence electrons. The highest BCUT2D eigenvalue weighted by Crippen LogP contribution is 2.20. The summed E-state index contributed by atoms with van der Waals surface area (Å²) < 4.78 is 40.0. The van der Waals surface area contributed by atoms with Crippen molar-refractivity contribution in [3.8, 4) is 0 Å². The molecule has 0 fully saturated rings. The number of halogens is 2. The molecular weight excluding hydrogens is 355 g/mol. The van der Waals surface area contributed by atoms with Crippen molar-refractivity contribution in [2.24, 2.45) is 0 Å². The highest BCUT2D eigenvalue weighted by molar-refractivity contribution is 7.89. The topological polar surface area (TPSA) is 75.3 Å². The molecule has 0 aliphatic carbocycles. The zero-order valence-corrected chi connectivity index (χ0v) is 14.6. The van der Waals surface area contributed by atoms with Gasteiger partial charge in [0.15, 0.2) is 0 Å². The number of para-hydroxylation sites is 1. The Labute approximate surface area is 144 Å². The largest absolute Gasteiger partial charge is 0.324 e. The number of hydrogen-bond acceptors (Lipinski definition) is 3. The second kappa shape index (κ2) is 7.29. The van der Waals surface area contributed by atoms with Gasteiger partial charge in [0, 0.05) is 10.7 Å². The summed E-state index contributed by atoms with van der Waals surface area (Å²) in [7, 11) is -4.16. The average molecular weight is 371 g/mol. The van der Waals surface area contributed by atoms with E-state index in [1.165, 1.54) is 6.07 Å². The number of rotatable bonds is 5. The molecule has 1 amide bonds. The molecule has 2 N–H and O–H groups in total. The van der Waals surface area contributed by atoms with Gasteiger partial charge in [0.1, 0.15) is 10.7 Å². The van der Waals surface area contributed by atoms with Crippen LogP contribution in [0.3, 0.4) is 0 Å². The first-order chi connectivity index (χ1) is 11.2. The van der Waals surface area contributed by atoms with E-state index in [9.17, 15) is 17.6 Å². The molecule has 0 aliphatic heterocycles. The lowest BCUT2D eigenvalue weighted by Gasteiger charge is -2.12. The van der Waals surface area contributed by atoms with Crippen LogP contribution in [0.1, 0.15) is 11.1 Å².